The molecule has 3 aromatic rings. The average Bonchev–Trinajstić information content (AvgIpc) is 2.82. The van der Waals surface area contributed by atoms with Crippen LogP contribution in [0.2, 0.25) is 0 Å². The fraction of sp³-hybridized carbons (Fsp3) is 0. The number of hydrogen-bond acceptors (Lipinski definition) is 2. The number of hydrogen-bond donors (Lipinski definition) is 2. The highest BCUT2D eigenvalue weighted by Crippen LogP contribution is 2.25. The van der Waals surface area contributed by atoms with Crippen LogP contribution >= 0.6 is 15.9 Å². The van der Waals surface area contributed by atoms with Crippen molar-refractivity contribution >= 4 is 32.8 Å². The number of rotatable bonds is 2. The molecule has 0 fully saturated rings. The minimum atomic E-state index is 0.0581. The zero-order valence-electron chi connectivity index (χ0n) is 9.97. The van der Waals surface area contributed by atoms with Gasteiger partial charge in [-0.15, -0.1) is 0 Å². The maximum atomic E-state index is 7.45. The van der Waals surface area contributed by atoms with Crippen LogP contribution in [0.3, 0.4) is 0 Å². The molecule has 0 amide bonds. The molecule has 0 unspecified atom stereocenters. The lowest BCUT2D eigenvalue weighted by Crippen LogP contribution is -2.11. The molecular formula is C14H11BrN4. The van der Waals surface area contributed by atoms with E-state index < -0.39 is 0 Å². The number of nitrogens with zero attached hydrogens (tertiary/aromatic N) is 2. The van der Waals surface area contributed by atoms with E-state index in [1.807, 2.05) is 47.0 Å². The summed E-state index contributed by atoms with van der Waals surface area (Å²) < 4.78 is 2.88. The van der Waals surface area contributed by atoms with Crippen LogP contribution < -0.4 is 5.73 Å². The predicted molar refractivity (Wildman–Crippen MR) is 79.8 cm³/mol. The Kier molecular flexibility index (Phi) is 2.83. The predicted octanol–water partition coefficient (Wildman–Crippen LogP) is 3.07. The zero-order valence-corrected chi connectivity index (χ0v) is 11.6. The Bertz CT molecular complexity index is 776. The Hall–Kier alpha value is -2.14. The van der Waals surface area contributed by atoms with E-state index in [1.54, 1.807) is 6.33 Å². The van der Waals surface area contributed by atoms with E-state index in [2.05, 4.69) is 20.9 Å². The molecule has 1 heterocycles. The standard InChI is InChI=1S/C14H11BrN4/c15-10-7-9(14(16)17)5-6-12(10)19-8-18-11-3-1-2-4-13(11)19/h1-8H,(H3,16,17). The maximum Gasteiger partial charge on any atom is 0.122 e. The Balaban J connectivity index is 2.19. The van der Waals surface area contributed by atoms with Gasteiger partial charge in [0, 0.05) is 10.0 Å². The highest BCUT2D eigenvalue weighted by atomic mass is 79.9. The molecule has 4 nitrogen and oxygen atoms in total. The van der Waals surface area contributed by atoms with Crippen molar-refractivity contribution in [2.24, 2.45) is 5.73 Å². The first-order valence-corrected chi connectivity index (χ1v) is 6.52. The summed E-state index contributed by atoms with van der Waals surface area (Å²) in [6.07, 6.45) is 1.79. The Morgan fingerprint density at radius 2 is 2.00 bits per heavy atom. The smallest absolute Gasteiger partial charge is 0.122 e. The highest BCUT2D eigenvalue weighted by Gasteiger charge is 2.08. The number of benzene rings is 2. The van der Waals surface area contributed by atoms with Crippen LogP contribution in [0.4, 0.5) is 0 Å². The summed E-state index contributed by atoms with van der Waals surface area (Å²) in [5.74, 6) is 0.0581. The third-order valence-corrected chi connectivity index (χ3v) is 3.61. The quantitative estimate of drug-likeness (QED) is 0.564. The summed E-state index contributed by atoms with van der Waals surface area (Å²) in [6.45, 7) is 0. The zero-order chi connectivity index (χ0) is 13.4. The van der Waals surface area contributed by atoms with Crippen LogP contribution in [-0.4, -0.2) is 15.4 Å². The Morgan fingerprint density at radius 3 is 2.74 bits per heavy atom. The van der Waals surface area contributed by atoms with Crippen LogP contribution in [0.15, 0.2) is 53.3 Å². The molecule has 0 bridgehead atoms. The lowest BCUT2D eigenvalue weighted by Gasteiger charge is -2.08. The van der Waals surface area contributed by atoms with Crippen LogP contribution in [0, 0.1) is 5.41 Å². The number of amidine groups is 1. The van der Waals surface area contributed by atoms with Crippen molar-refractivity contribution in [1.29, 1.82) is 5.41 Å². The molecule has 3 N–H and O–H groups in total. The molecule has 0 saturated carbocycles. The molecule has 0 aliphatic heterocycles. The fourth-order valence-electron chi connectivity index (χ4n) is 2.02. The summed E-state index contributed by atoms with van der Waals surface area (Å²) in [5, 5.41) is 7.45. The Morgan fingerprint density at radius 1 is 1.21 bits per heavy atom. The summed E-state index contributed by atoms with van der Waals surface area (Å²) >= 11 is 3.52. The summed E-state index contributed by atoms with van der Waals surface area (Å²) in [6, 6.07) is 13.5. The monoisotopic (exact) mass is 314 g/mol. The first-order valence-electron chi connectivity index (χ1n) is 5.73. The highest BCUT2D eigenvalue weighted by molar-refractivity contribution is 9.10. The number of para-hydroxylation sites is 2. The van der Waals surface area contributed by atoms with Crippen LogP contribution in [-0.2, 0) is 0 Å². The van der Waals surface area contributed by atoms with E-state index in [0.29, 0.717) is 5.56 Å². The molecule has 0 spiro atoms. The lowest BCUT2D eigenvalue weighted by atomic mass is 10.2. The van der Waals surface area contributed by atoms with E-state index in [4.69, 9.17) is 11.1 Å². The topological polar surface area (TPSA) is 67.7 Å². The molecule has 2 aromatic carbocycles. The molecule has 94 valence electrons. The van der Waals surface area contributed by atoms with Gasteiger partial charge >= 0.3 is 0 Å². The van der Waals surface area contributed by atoms with Gasteiger partial charge in [-0.25, -0.2) is 4.98 Å². The van der Waals surface area contributed by atoms with Gasteiger partial charge in [-0.1, -0.05) is 12.1 Å². The van der Waals surface area contributed by atoms with Gasteiger partial charge in [0.1, 0.15) is 12.2 Å². The summed E-state index contributed by atoms with van der Waals surface area (Å²) in [5.41, 5.74) is 9.14. The molecular weight excluding hydrogens is 304 g/mol. The van der Waals surface area contributed by atoms with Crippen molar-refractivity contribution < 1.29 is 0 Å². The molecule has 5 heteroatoms. The first kappa shape index (κ1) is 11.9. The molecule has 3 rings (SSSR count). The minimum Gasteiger partial charge on any atom is -0.384 e. The van der Waals surface area contributed by atoms with Gasteiger partial charge < -0.3 is 5.73 Å². The van der Waals surface area contributed by atoms with E-state index >= 15 is 0 Å². The first-order chi connectivity index (χ1) is 9.16. The van der Waals surface area contributed by atoms with Crippen molar-refractivity contribution in [3.8, 4) is 5.69 Å². The van der Waals surface area contributed by atoms with Crippen LogP contribution in [0.25, 0.3) is 16.7 Å². The van der Waals surface area contributed by atoms with Gasteiger partial charge in [-0.05, 0) is 46.3 Å². The largest absolute Gasteiger partial charge is 0.384 e. The fourth-order valence-corrected chi connectivity index (χ4v) is 2.59. The van der Waals surface area contributed by atoms with Gasteiger partial charge in [0.15, 0.2) is 0 Å². The third kappa shape index (κ3) is 2.02. The number of nitrogens with one attached hydrogen (secondary N) is 1. The van der Waals surface area contributed by atoms with Crippen molar-refractivity contribution in [2.45, 2.75) is 0 Å². The van der Waals surface area contributed by atoms with E-state index in [-0.39, 0.29) is 5.84 Å². The second-order valence-corrected chi connectivity index (χ2v) is 5.04. The molecule has 0 aliphatic carbocycles. The average molecular weight is 315 g/mol. The summed E-state index contributed by atoms with van der Waals surface area (Å²) in [4.78, 5) is 4.37. The van der Waals surface area contributed by atoms with Crippen molar-refractivity contribution in [3.63, 3.8) is 0 Å². The number of imidazole rings is 1. The second-order valence-electron chi connectivity index (χ2n) is 4.18. The number of nitrogen functional groups attached to an aromatic ring is 1. The molecule has 0 aliphatic rings. The SMILES string of the molecule is N=C(N)c1ccc(-n2cnc3ccccc32)c(Br)c1. The van der Waals surface area contributed by atoms with E-state index in [0.717, 1.165) is 21.2 Å². The number of fused-ring (bicyclic) bond motifs is 1. The molecule has 0 radical (unpaired) electrons. The van der Waals surface area contributed by atoms with Crippen molar-refractivity contribution in [2.75, 3.05) is 0 Å². The van der Waals surface area contributed by atoms with Crippen molar-refractivity contribution in [3.05, 3.63) is 58.8 Å². The third-order valence-electron chi connectivity index (χ3n) is 2.97. The van der Waals surface area contributed by atoms with Crippen molar-refractivity contribution in [1.82, 2.24) is 9.55 Å². The number of halogens is 1. The lowest BCUT2D eigenvalue weighted by molar-refractivity contribution is 1.08. The molecule has 0 atom stereocenters. The van der Waals surface area contributed by atoms with Gasteiger partial charge in [0.2, 0.25) is 0 Å². The Labute approximate surface area is 118 Å². The normalized spacial score (nSPS) is 10.8. The van der Waals surface area contributed by atoms with E-state index in [1.165, 1.54) is 0 Å². The summed E-state index contributed by atoms with van der Waals surface area (Å²) in [7, 11) is 0. The molecule has 1 aromatic heterocycles. The van der Waals surface area contributed by atoms with E-state index in [9.17, 15) is 0 Å². The maximum absolute atomic E-state index is 7.45. The van der Waals surface area contributed by atoms with Gasteiger partial charge in [-0.3, -0.25) is 9.98 Å². The molecule has 19 heavy (non-hydrogen) atoms. The van der Waals surface area contributed by atoms with Crippen LogP contribution in [0.1, 0.15) is 5.56 Å². The molecule has 0 saturated heterocycles. The number of nitrogens with two attached hydrogens (primary N) is 1. The van der Waals surface area contributed by atoms with Gasteiger partial charge in [0.25, 0.3) is 0 Å². The number of aromatic nitrogens is 2. The minimum absolute atomic E-state index is 0.0581. The second kappa shape index (κ2) is 4.51. The van der Waals surface area contributed by atoms with Crippen LogP contribution in [0.5, 0.6) is 0 Å². The van der Waals surface area contributed by atoms with Gasteiger partial charge in [-0.2, -0.15) is 0 Å². The van der Waals surface area contributed by atoms with Gasteiger partial charge in [0.05, 0.1) is 16.7 Å².